The van der Waals surface area contributed by atoms with Gasteiger partial charge in [0.15, 0.2) is 0 Å². The molecular weight excluding hydrogens is 348 g/mol. The summed E-state index contributed by atoms with van der Waals surface area (Å²) < 4.78 is 0. The number of benzene rings is 1. The van der Waals surface area contributed by atoms with Gasteiger partial charge in [-0.05, 0) is 63.2 Å². The van der Waals surface area contributed by atoms with Crippen LogP contribution in [0, 0.1) is 11.8 Å². The van der Waals surface area contributed by atoms with E-state index in [1.807, 2.05) is 13.8 Å². The van der Waals surface area contributed by atoms with Crippen molar-refractivity contribution in [2.24, 2.45) is 11.8 Å². The molecule has 0 aromatic heterocycles. The van der Waals surface area contributed by atoms with E-state index in [1.54, 1.807) is 0 Å². The van der Waals surface area contributed by atoms with Crippen LogP contribution in [0.25, 0.3) is 5.57 Å². The van der Waals surface area contributed by atoms with Crippen LogP contribution in [0.5, 0.6) is 0 Å². The van der Waals surface area contributed by atoms with Crippen LogP contribution in [0.15, 0.2) is 76.9 Å². The summed E-state index contributed by atoms with van der Waals surface area (Å²) in [6, 6.07) is 8.63. The summed E-state index contributed by atoms with van der Waals surface area (Å²) in [7, 11) is 0. The first-order chi connectivity index (χ1) is 13.7. The van der Waals surface area contributed by atoms with Crippen molar-refractivity contribution in [3.05, 3.63) is 88.1 Å². The Balaban J connectivity index is 0.000000213. The van der Waals surface area contributed by atoms with Gasteiger partial charge in [0.05, 0.1) is 0 Å². The quantitative estimate of drug-likeness (QED) is 0.414. The first-order valence-corrected chi connectivity index (χ1v) is 11.2. The SMILES string of the molecule is CC.CC1=CC(C)C=C1C.CC1=CC(C)C=C1C.CC1=CC(C)c2ccccc21. The highest BCUT2D eigenvalue weighted by Crippen LogP contribution is 2.34. The largest absolute Gasteiger partial charge is 0.0747 e. The van der Waals surface area contributed by atoms with Gasteiger partial charge in [-0.15, -0.1) is 0 Å². The molecule has 158 valence electrons. The molecule has 0 bridgehead atoms. The molecular formula is C29H42. The molecule has 0 aliphatic heterocycles. The molecule has 1 aromatic rings. The average molecular weight is 391 g/mol. The van der Waals surface area contributed by atoms with Crippen LogP contribution in [-0.4, -0.2) is 0 Å². The third-order valence-electron chi connectivity index (χ3n) is 5.67. The van der Waals surface area contributed by atoms with Crippen LogP contribution >= 0.6 is 0 Å². The average Bonchev–Trinajstić information content (AvgIpc) is 3.26. The van der Waals surface area contributed by atoms with E-state index in [2.05, 4.69) is 110 Å². The number of rotatable bonds is 0. The van der Waals surface area contributed by atoms with Crippen molar-refractivity contribution in [3.63, 3.8) is 0 Å². The molecule has 3 aliphatic carbocycles. The molecule has 0 saturated carbocycles. The predicted molar refractivity (Wildman–Crippen MR) is 133 cm³/mol. The summed E-state index contributed by atoms with van der Waals surface area (Å²) in [5.41, 5.74) is 10.1. The molecule has 0 radical (unpaired) electrons. The molecule has 0 N–H and O–H groups in total. The van der Waals surface area contributed by atoms with E-state index in [9.17, 15) is 0 Å². The van der Waals surface area contributed by atoms with Gasteiger partial charge in [-0.2, -0.15) is 0 Å². The Morgan fingerprint density at radius 1 is 0.517 bits per heavy atom. The molecule has 29 heavy (non-hydrogen) atoms. The molecule has 4 rings (SSSR count). The second-order valence-corrected chi connectivity index (χ2v) is 8.34. The third kappa shape index (κ3) is 7.35. The van der Waals surface area contributed by atoms with E-state index in [1.165, 1.54) is 39.0 Å². The second kappa shape index (κ2) is 11.8. The molecule has 0 heterocycles. The molecule has 0 heteroatoms. The summed E-state index contributed by atoms with van der Waals surface area (Å²) in [5.74, 6) is 1.97. The predicted octanol–water partition coefficient (Wildman–Crippen LogP) is 9.29. The maximum atomic E-state index is 2.32. The molecule has 0 spiro atoms. The smallest absolute Gasteiger partial charge is 0.000152 e. The number of allylic oxidation sites excluding steroid dienone is 10. The Morgan fingerprint density at radius 2 is 0.897 bits per heavy atom. The van der Waals surface area contributed by atoms with Crippen LogP contribution in [0.2, 0.25) is 0 Å². The Labute approximate surface area is 180 Å². The maximum Gasteiger partial charge on any atom is 0.000152 e. The maximum absolute atomic E-state index is 2.32. The Hall–Kier alpha value is -2.08. The van der Waals surface area contributed by atoms with Crippen molar-refractivity contribution in [3.8, 4) is 0 Å². The lowest BCUT2D eigenvalue weighted by Crippen LogP contribution is -1.85. The van der Waals surface area contributed by atoms with Crippen LogP contribution < -0.4 is 0 Å². The van der Waals surface area contributed by atoms with E-state index in [4.69, 9.17) is 0 Å². The summed E-state index contributed by atoms with van der Waals surface area (Å²) in [6.07, 6.45) is 11.5. The fourth-order valence-electron chi connectivity index (χ4n) is 4.01. The zero-order valence-corrected chi connectivity index (χ0v) is 20.4. The summed E-state index contributed by atoms with van der Waals surface area (Å²) in [6.45, 7) is 21.5. The lowest BCUT2D eigenvalue weighted by Gasteiger charge is -2.02. The van der Waals surface area contributed by atoms with E-state index in [0.717, 1.165) is 0 Å². The number of fused-ring (bicyclic) bond motifs is 1. The standard InChI is InChI=1S/C11H12.2C8H12.C2H6/c1-8-7-9(2)11-6-4-3-5-10(8)11;2*1-6-4-7(2)8(3)5-6;1-2/h3-8H,1-2H3;2*4-6H,1-3H3;1-2H3. The summed E-state index contributed by atoms with van der Waals surface area (Å²) in [5, 5.41) is 0. The number of hydrogen-bond acceptors (Lipinski definition) is 0. The zero-order chi connectivity index (χ0) is 22.1. The topological polar surface area (TPSA) is 0 Å². The first kappa shape index (κ1) is 25.0. The molecule has 1 aromatic carbocycles. The van der Waals surface area contributed by atoms with Gasteiger partial charge in [-0.1, -0.05) is 112 Å². The van der Waals surface area contributed by atoms with Crippen LogP contribution in [-0.2, 0) is 0 Å². The zero-order valence-electron chi connectivity index (χ0n) is 20.4. The molecule has 0 nitrogen and oxygen atoms in total. The molecule has 0 fully saturated rings. The molecule has 0 amide bonds. The summed E-state index contributed by atoms with van der Waals surface area (Å²) in [4.78, 5) is 0. The Morgan fingerprint density at radius 3 is 1.21 bits per heavy atom. The van der Waals surface area contributed by atoms with Crippen molar-refractivity contribution in [1.29, 1.82) is 0 Å². The van der Waals surface area contributed by atoms with Crippen molar-refractivity contribution in [2.45, 2.75) is 75.2 Å². The normalized spacial score (nSPS) is 19.8. The van der Waals surface area contributed by atoms with Gasteiger partial charge in [-0.25, -0.2) is 0 Å². The van der Waals surface area contributed by atoms with Crippen LogP contribution in [0.1, 0.15) is 86.3 Å². The van der Waals surface area contributed by atoms with E-state index in [0.29, 0.717) is 17.8 Å². The minimum Gasteiger partial charge on any atom is -0.0747 e. The van der Waals surface area contributed by atoms with E-state index in [-0.39, 0.29) is 0 Å². The van der Waals surface area contributed by atoms with Crippen molar-refractivity contribution in [1.82, 2.24) is 0 Å². The third-order valence-corrected chi connectivity index (χ3v) is 5.67. The highest BCUT2D eigenvalue weighted by molar-refractivity contribution is 5.72. The van der Waals surface area contributed by atoms with Crippen LogP contribution in [0.4, 0.5) is 0 Å². The van der Waals surface area contributed by atoms with Gasteiger partial charge < -0.3 is 0 Å². The van der Waals surface area contributed by atoms with Gasteiger partial charge in [0.2, 0.25) is 0 Å². The van der Waals surface area contributed by atoms with Crippen molar-refractivity contribution >= 4 is 5.57 Å². The summed E-state index contributed by atoms with van der Waals surface area (Å²) >= 11 is 0. The second-order valence-electron chi connectivity index (χ2n) is 8.34. The molecule has 3 aliphatic rings. The van der Waals surface area contributed by atoms with Gasteiger partial charge in [0, 0.05) is 5.92 Å². The van der Waals surface area contributed by atoms with E-state index >= 15 is 0 Å². The highest BCUT2D eigenvalue weighted by atomic mass is 14.2. The minimum absolute atomic E-state index is 0.617. The number of hydrogen-bond donors (Lipinski definition) is 0. The van der Waals surface area contributed by atoms with Gasteiger partial charge in [0.25, 0.3) is 0 Å². The monoisotopic (exact) mass is 390 g/mol. The Kier molecular flexibility index (Phi) is 10.2. The van der Waals surface area contributed by atoms with E-state index < -0.39 is 0 Å². The fraction of sp³-hybridized carbons (Fsp3) is 0.448. The van der Waals surface area contributed by atoms with Crippen LogP contribution in [0.3, 0.4) is 0 Å². The van der Waals surface area contributed by atoms with Gasteiger partial charge in [-0.3, -0.25) is 0 Å². The molecule has 1 unspecified atom stereocenters. The lowest BCUT2D eigenvalue weighted by atomic mass is 10.0. The Bertz CT molecular complexity index is 749. The van der Waals surface area contributed by atoms with Crippen molar-refractivity contribution < 1.29 is 0 Å². The molecule has 0 saturated heterocycles. The fourth-order valence-corrected chi connectivity index (χ4v) is 4.01. The molecule has 1 atom stereocenters. The highest BCUT2D eigenvalue weighted by Gasteiger charge is 2.15. The first-order valence-electron chi connectivity index (χ1n) is 11.2. The minimum atomic E-state index is 0.617. The van der Waals surface area contributed by atoms with Crippen molar-refractivity contribution in [2.75, 3.05) is 0 Å². The van der Waals surface area contributed by atoms with Gasteiger partial charge >= 0.3 is 0 Å². The lowest BCUT2D eigenvalue weighted by molar-refractivity contribution is 0.952. The van der Waals surface area contributed by atoms with Gasteiger partial charge in [0.1, 0.15) is 0 Å².